The molecule has 0 radical (unpaired) electrons. The van der Waals surface area contributed by atoms with Gasteiger partial charge in [0, 0.05) is 11.1 Å². The Morgan fingerprint density at radius 3 is 1.17 bits per heavy atom. The Labute approximate surface area is 140 Å². The van der Waals surface area contributed by atoms with E-state index in [1.165, 1.54) is 12.2 Å². The second-order valence-corrected chi connectivity index (χ2v) is 4.62. The molecule has 1 nitrogen and oxygen atoms in total. The van der Waals surface area contributed by atoms with Crippen LogP contribution in [0, 0.1) is 0 Å². The van der Waals surface area contributed by atoms with Gasteiger partial charge in [0.25, 0.3) is 0 Å². The number of hydrogen-bond donors (Lipinski definition) is 0. The van der Waals surface area contributed by atoms with E-state index in [9.17, 15) is 8.78 Å². The summed E-state index contributed by atoms with van der Waals surface area (Å²) in [4.78, 5) is 0. The average molecular weight is 324 g/mol. The first-order valence-electron chi connectivity index (χ1n) is 7.93. The van der Waals surface area contributed by atoms with Crippen molar-refractivity contribution in [1.29, 1.82) is 0 Å². The normalized spacial score (nSPS) is 8.78. The summed E-state index contributed by atoms with van der Waals surface area (Å²) in [6.07, 6.45) is 2.89. The van der Waals surface area contributed by atoms with Gasteiger partial charge < -0.3 is 4.42 Å². The van der Waals surface area contributed by atoms with E-state index >= 15 is 0 Å². The topological polar surface area (TPSA) is 13.1 Å². The maximum atomic E-state index is 14.1. The lowest BCUT2D eigenvalue weighted by Crippen LogP contribution is -1.83. The molecule has 0 saturated carbocycles. The molecule has 0 N–H and O–H groups in total. The quantitative estimate of drug-likeness (QED) is 0.546. The highest BCUT2D eigenvalue weighted by atomic mass is 19.1. The van der Waals surface area contributed by atoms with E-state index in [0.29, 0.717) is 22.3 Å². The van der Waals surface area contributed by atoms with Crippen LogP contribution in [0.5, 0.6) is 0 Å². The zero-order valence-electron chi connectivity index (χ0n) is 15.7. The first kappa shape index (κ1) is 23.4. The van der Waals surface area contributed by atoms with Crippen molar-refractivity contribution in [3.05, 3.63) is 47.0 Å². The van der Waals surface area contributed by atoms with Crippen molar-refractivity contribution >= 4 is 23.8 Å². The Balaban J connectivity index is 0. The summed E-state index contributed by atoms with van der Waals surface area (Å²) < 4.78 is 33.5. The van der Waals surface area contributed by atoms with Gasteiger partial charge >= 0.3 is 0 Å². The van der Waals surface area contributed by atoms with Crippen molar-refractivity contribution in [3.63, 3.8) is 0 Å². The highest BCUT2D eigenvalue weighted by Gasteiger charge is 2.23. The molecule has 0 aliphatic rings. The lowest BCUT2D eigenvalue weighted by atomic mass is 10.1. The van der Waals surface area contributed by atoms with Gasteiger partial charge in [0.15, 0.2) is 23.2 Å². The molecule has 1 rings (SSSR count). The van der Waals surface area contributed by atoms with Crippen molar-refractivity contribution in [3.8, 4) is 0 Å². The molecule has 0 spiro atoms. The number of hydrogen-bond acceptors (Lipinski definition) is 1. The zero-order chi connectivity index (χ0) is 18.7. The molecule has 1 aromatic rings. The first-order chi connectivity index (χ1) is 10.8. The van der Waals surface area contributed by atoms with Crippen LogP contribution in [0.1, 0.15) is 78.0 Å². The molecule has 130 valence electrons. The maximum Gasteiger partial charge on any atom is 0.171 e. The van der Waals surface area contributed by atoms with Crippen LogP contribution >= 0.6 is 0 Å². The van der Waals surface area contributed by atoms with Gasteiger partial charge in [0.1, 0.15) is 0 Å². The Hall–Kier alpha value is -1.90. The van der Waals surface area contributed by atoms with Gasteiger partial charge in [0.05, 0.1) is 0 Å². The van der Waals surface area contributed by atoms with E-state index < -0.39 is 11.7 Å². The third-order valence-electron chi connectivity index (χ3n) is 2.67. The third-order valence-corrected chi connectivity index (χ3v) is 2.67. The predicted octanol–water partition coefficient (Wildman–Crippen LogP) is 8.06. The highest BCUT2D eigenvalue weighted by molar-refractivity contribution is 5.80. The number of furan rings is 1. The third kappa shape index (κ3) is 5.66. The minimum Gasteiger partial charge on any atom is -0.450 e. The van der Waals surface area contributed by atoms with Crippen molar-refractivity contribution in [2.75, 3.05) is 0 Å². The number of halogens is 2. The fourth-order valence-electron chi connectivity index (χ4n) is 1.64. The van der Waals surface area contributed by atoms with Crippen molar-refractivity contribution in [2.45, 2.75) is 55.4 Å². The molecule has 0 aliphatic heterocycles. The minimum absolute atomic E-state index is 0.00343. The van der Waals surface area contributed by atoms with Gasteiger partial charge in [-0.15, -0.1) is 0 Å². The second kappa shape index (κ2) is 11.6. The Bertz CT molecular complexity index is 529. The summed E-state index contributed by atoms with van der Waals surface area (Å²) in [5.41, 5.74) is 1.74. The van der Waals surface area contributed by atoms with E-state index in [1.807, 2.05) is 27.7 Å². The maximum absolute atomic E-state index is 14.1. The van der Waals surface area contributed by atoms with Crippen molar-refractivity contribution in [1.82, 2.24) is 0 Å². The number of rotatable bonds is 4. The van der Waals surface area contributed by atoms with E-state index in [4.69, 9.17) is 4.42 Å². The Kier molecular flexibility index (Phi) is 11.8. The molecule has 1 aromatic heterocycles. The molecule has 0 unspecified atom stereocenters. The lowest BCUT2D eigenvalue weighted by Gasteiger charge is -1.98. The van der Waals surface area contributed by atoms with Gasteiger partial charge in [-0.1, -0.05) is 53.0 Å². The lowest BCUT2D eigenvalue weighted by molar-refractivity contribution is 0.500. The Morgan fingerprint density at radius 2 is 1.00 bits per heavy atom. The fraction of sp³-hybridized carbons (Fsp3) is 0.400. The average Bonchev–Trinajstić information content (AvgIpc) is 2.94. The first-order valence-corrected chi connectivity index (χ1v) is 7.93. The van der Waals surface area contributed by atoms with Crippen LogP contribution in [0.25, 0.3) is 23.8 Å². The molecule has 0 fully saturated rings. The summed E-state index contributed by atoms with van der Waals surface area (Å²) in [6, 6.07) is 0. The predicted molar refractivity (Wildman–Crippen MR) is 100 cm³/mol. The molecule has 1 heterocycles. The minimum atomic E-state index is -0.509. The SMILES string of the molecule is C=Cc1c(C(F)=C(C)C)oc(C(F)=C(C)C)c1C=C.CC.CC. The number of allylic oxidation sites excluding steroid dienone is 2. The molecule has 0 bridgehead atoms. The van der Waals surface area contributed by atoms with Crippen LogP contribution in [0.2, 0.25) is 0 Å². The molecule has 0 aromatic carbocycles. The van der Waals surface area contributed by atoms with E-state index in [1.54, 1.807) is 27.7 Å². The van der Waals surface area contributed by atoms with Gasteiger partial charge in [-0.25, -0.2) is 8.78 Å². The standard InChI is InChI=1S/C16H18F2O.2C2H6/c1-7-11-12(8-2)16(14(18)10(5)6)19-15(11)13(17)9(3)4;2*1-2/h7-8H,1-2H2,3-6H3;2*1-2H3. The molecular formula is C20H30F2O. The zero-order valence-corrected chi connectivity index (χ0v) is 15.7. The van der Waals surface area contributed by atoms with E-state index in [0.717, 1.165) is 0 Å². The summed E-state index contributed by atoms with van der Waals surface area (Å²) in [5, 5.41) is 0. The van der Waals surface area contributed by atoms with Crippen LogP contribution < -0.4 is 0 Å². The molecule has 23 heavy (non-hydrogen) atoms. The van der Waals surface area contributed by atoms with Gasteiger partial charge in [0.2, 0.25) is 0 Å². The Morgan fingerprint density at radius 1 is 0.739 bits per heavy atom. The molecule has 0 amide bonds. The highest BCUT2D eigenvalue weighted by Crippen LogP contribution is 2.37. The van der Waals surface area contributed by atoms with Crippen LogP contribution in [0.15, 0.2) is 28.7 Å². The van der Waals surface area contributed by atoms with Crippen molar-refractivity contribution < 1.29 is 13.2 Å². The van der Waals surface area contributed by atoms with E-state index in [2.05, 4.69) is 13.2 Å². The molecule has 3 heteroatoms. The largest absolute Gasteiger partial charge is 0.450 e. The summed E-state index contributed by atoms with van der Waals surface area (Å²) in [5.74, 6) is -1.02. The van der Waals surface area contributed by atoms with Gasteiger partial charge in [-0.2, -0.15) is 0 Å². The van der Waals surface area contributed by atoms with Gasteiger partial charge in [-0.05, 0) is 38.8 Å². The second-order valence-electron chi connectivity index (χ2n) is 4.62. The fourth-order valence-corrected chi connectivity index (χ4v) is 1.64. The van der Waals surface area contributed by atoms with Crippen LogP contribution in [0.3, 0.4) is 0 Å². The molecule has 0 saturated heterocycles. The van der Waals surface area contributed by atoms with Gasteiger partial charge in [-0.3, -0.25) is 0 Å². The van der Waals surface area contributed by atoms with Crippen LogP contribution in [-0.2, 0) is 0 Å². The summed E-state index contributed by atoms with van der Waals surface area (Å²) in [7, 11) is 0. The molecular weight excluding hydrogens is 294 g/mol. The van der Waals surface area contributed by atoms with Crippen molar-refractivity contribution in [2.24, 2.45) is 0 Å². The van der Waals surface area contributed by atoms with E-state index in [-0.39, 0.29) is 11.5 Å². The summed E-state index contributed by atoms with van der Waals surface area (Å²) in [6.45, 7) is 21.7. The molecule has 0 aliphatic carbocycles. The summed E-state index contributed by atoms with van der Waals surface area (Å²) >= 11 is 0. The van der Waals surface area contributed by atoms with Crippen LogP contribution in [-0.4, -0.2) is 0 Å². The van der Waals surface area contributed by atoms with Crippen LogP contribution in [0.4, 0.5) is 8.78 Å². The smallest absolute Gasteiger partial charge is 0.171 e. The molecule has 0 atom stereocenters. The monoisotopic (exact) mass is 324 g/mol.